The van der Waals surface area contributed by atoms with Gasteiger partial charge in [0.05, 0.1) is 19.0 Å². The summed E-state index contributed by atoms with van der Waals surface area (Å²) in [7, 11) is 4.10. The number of carbonyl (C=O) groups excluding carboxylic acids is 6. The van der Waals surface area contributed by atoms with Crippen LogP contribution in [0.5, 0.6) is 0 Å². The molecule has 16 heteroatoms. The minimum atomic E-state index is -1.19. The Balaban J connectivity index is 0. The van der Waals surface area contributed by atoms with Crippen LogP contribution < -0.4 is 10.6 Å². The summed E-state index contributed by atoms with van der Waals surface area (Å²) in [6.45, 7) is 19.3. The summed E-state index contributed by atoms with van der Waals surface area (Å²) in [5.41, 5.74) is 3.04. The molecule has 0 aliphatic carbocycles. The lowest BCUT2D eigenvalue weighted by atomic mass is 9.97. The van der Waals surface area contributed by atoms with E-state index in [0.717, 1.165) is 27.5 Å². The predicted octanol–water partition coefficient (Wildman–Crippen LogP) is 5.84. The molecule has 1 aromatic rings. The number of amides is 5. The number of allylic oxidation sites excluding steroid dienone is 3. The van der Waals surface area contributed by atoms with Gasteiger partial charge in [-0.3, -0.25) is 24.0 Å². The number of nitrogens with one attached hydrogen (secondary N) is 2. The van der Waals surface area contributed by atoms with Gasteiger partial charge in [0.25, 0.3) is 5.91 Å². The molecule has 358 valence electrons. The zero-order valence-corrected chi connectivity index (χ0v) is 41.5. The van der Waals surface area contributed by atoms with E-state index in [1.54, 1.807) is 13.8 Å². The van der Waals surface area contributed by atoms with E-state index in [2.05, 4.69) is 49.6 Å². The molecule has 0 bridgehead atoms. The van der Waals surface area contributed by atoms with Crippen molar-refractivity contribution in [3.8, 4) is 0 Å². The number of aliphatic hydroxyl groups excluding tert-OH is 1. The number of aliphatic carboxylic acids is 1. The molecule has 0 aliphatic rings. The van der Waals surface area contributed by atoms with Gasteiger partial charge < -0.3 is 40.3 Å². The van der Waals surface area contributed by atoms with Crippen LogP contribution in [-0.2, 0) is 38.3 Å². The lowest BCUT2D eigenvalue weighted by Gasteiger charge is -2.31. The highest BCUT2D eigenvalue weighted by atomic mass is 32.2. The van der Waals surface area contributed by atoms with Gasteiger partial charge in [-0.15, -0.1) is 11.8 Å². The molecule has 0 radical (unpaired) electrons. The number of nitrogens with zero attached hydrogens (tertiary/aromatic N) is 3. The van der Waals surface area contributed by atoms with E-state index in [9.17, 15) is 38.7 Å². The van der Waals surface area contributed by atoms with Gasteiger partial charge in [-0.25, -0.2) is 9.59 Å². The molecule has 0 aliphatic heterocycles. The second-order valence-corrected chi connectivity index (χ2v) is 17.4. The maximum absolute atomic E-state index is 13.2. The van der Waals surface area contributed by atoms with E-state index in [0.29, 0.717) is 24.3 Å². The molecule has 5 amide bonds. The maximum atomic E-state index is 13.2. The Kier molecular flexibility index (Phi) is 31.5. The molecule has 0 spiro atoms. The number of thioether (sulfide) groups is 1. The average molecular weight is 906 g/mol. The van der Waals surface area contributed by atoms with Crippen LogP contribution in [0, 0.1) is 24.7 Å². The fourth-order valence-corrected chi connectivity index (χ4v) is 5.71. The van der Waals surface area contributed by atoms with Crippen molar-refractivity contribution in [3.63, 3.8) is 0 Å². The van der Waals surface area contributed by atoms with Gasteiger partial charge in [-0.1, -0.05) is 94.7 Å². The first-order chi connectivity index (χ1) is 29.4. The fraction of sp³-hybridized carbons (Fsp3) is 0.638. The molecule has 15 nitrogen and oxygen atoms in total. The van der Waals surface area contributed by atoms with Crippen LogP contribution in [-0.4, -0.2) is 137 Å². The number of aryl methyl sites for hydroxylation is 1. The Morgan fingerprint density at radius 1 is 0.873 bits per heavy atom. The SMILES string of the molecule is C/C=C(\C)C[C@H](C)CC/C=C(\C)C(=O)O[C@H](CC(C)C)C(=O)NC(C)C(=O)N(C)CC(=O)N(C)CC(=O)NC(C(=O)N(C)C(C)C(=O)O)C(C)CC.CSCO.Cc1ccccc1. The van der Waals surface area contributed by atoms with E-state index in [-0.39, 0.29) is 24.2 Å². The molecule has 1 rings (SSSR count). The summed E-state index contributed by atoms with van der Waals surface area (Å²) in [5, 5.41) is 22.4. The first-order valence-corrected chi connectivity index (χ1v) is 23.0. The van der Waals surface area contributed by atoms with Crippen LogP contribution >= 0.6 is 11.8 Å². The third-order valence-corrected chi connectivity index (χ3v) is 10.5. The van der Waals surface area contributed by atoms with Crippen molar-refractivity contribution >= 4 is 53.2 Å². The van der Waals surface area contributed by atoms with E-state index in [1.165, 1.54) is 57.9 Å². The second-order valence-electron chi connectivity index (χ2n) is 16.6. The number of rotatable bonds is 23. The summed E-state index contributed by atoms with van der Waals surface area (Å²) in [6, 6.07) is 7.09. The summed E-state index contributed by atoms with van der Waals surface area (Å²) in [6.07, 6.45) is 7.97. The highest BCUT2D eigenvalue weighted by molar-refractivity contribution is 7.98. The molecular formula is C47H79N5O10S. The van der Waals surface area contributed by atoms with Crippen molar-refractivity contribution in [2.45, 2.75) is 132 Å². The minimum absolute atomic E-state index is 0.00961. The normalized spacial score (nSPS) is 14.1. The first-order valence-electron chi connectivity index (χ1n) is 21.6. The van der Waals surface area contributed by atoms with Gasteiger partial charge in [-0.05, 0) is 91.2 Å². The van der Waals surface area contributed by atoms with Crippen molar-refractivity contribution in [1.29, 1.82) is 0 Å². The highest BCUT2D eigenvalue weighted by Crippen LogP contribution is 2.18. The number of ether oxygens (including phenoxy) is 1. The Morgan fingerprint density at radius 3 is 1.90 bits per heavy atom. The monoisotopic (exact) mass is 906 g/mol. The highest BCUT2D eigenvalue weighted by Gasteiger charge is 2.33. The summed E-state index contributed by atoms with van der Waals surface area (Å²) in [4.78, 5) is 92.8. The predicted molar refractivity (Wildman–Crippen MR) is 251 cm³/mol. The van der Waals surface area contributed by atoms with E-state index in [1.807, 2.05) is 58.2 Å². The van der Waals surface area contributed by atoms with Crippen LogP contribution in [0.25, 0.3) is 0 Å². The number of carboxylic acids is 1. The van der Waals surface area contributed by atoms with Gasteiger partial charge in [0.1, 0.15) is 18.1 Å². The molecule has 0 aromatic heterocycles. The smallest absolute Gasteiger partial charge is 0.334 e. The third kappa shape index (κ3) is 25.9. The number of hydrogen-bond donors (Lipinski definition) is 4. The number of benzene rings is 1. The summed E-state index contributed by atoms with van der Waals surface area (Å²) >= 11 is 1.41. The molecule has 0 saturated carbocycles. The number of hydrogen-bond acceptors (Lipinski definition) is 10. The molecule has 1 aromatic carbocycles. The van der Waals surface area contributed by atoms with Gasteiger partial charge >= 0.3 is 11.9 Å². The van der Waals surface area contributed by atoms with E-state index >= 15 is 0 Å². The zero-order chi connectivity index (χ0) is 49.0. The van der Waals surface area contributed by atoms with Crippen molar-refractivity contribution in [1.82, 2.24) is 25.3 Å². The largest absolute Gasteiger partial charge is 0.480 e. The fourth-order valence-electron chi connectivity index (χ4n) is 5.71. The van der Waals surface area contributed by atoms with E-state index < -0.39 is 78.8 Å². The minimum Gasteiger partial charge on any atom is -0.480 e. The van der Waals surface area contributed by atoms with Crippen LogP contribution in [0.15, 0.2) is 53.6 Å². The Labute approximate surface area is 381 Å². The second kappa shape index (κ2) is 32.9. The van der Waals surface area contributed by atoms with Crippen molar-refractivity contribution in [3.05, 3.63) is 59.2 Å². The van der Waals surface area contributed by atoms with Crippen molar-refractivity contribution in [2.75, 3.05) is 46.4 Å². The first kappa shape index (κ1) is 60.4. The number of aliphatic hydroxyl groups is 1. The van der Waals surface area contributed by atoms with Crippen molar-refractivity contribution < 1.29 is 48.5 Å². The lowest BCUT2D eigenvalue weighted by molar-refractivity contribution is -0.154. The standard InChI is InChI=1S/C38H65N5O9.C7H8.C2H6OS/c1-14-24(5)20-25(6)17-16-18-27(8)38(51)52-30(19-23(3)4)34(46)39-28(9)35(47)42(12)22-32(45)41(11)21-31(44)40-33(26(7)15-2)36(48)43(13)29(10)37(49)50;1-7-5-3-2-4-6-7;1-4-2-3/h14,18,23,25-26,28-30,33H,15-17,19-22H2,1-13H3,(H,39,46)(H,40,44)(H,49,50);2-6H,1H3;3H,2H2,1H3/b24-14+,27-18+;;/t25-,26?,28?,29?,30-,33?;;/m1../s1. The maximum Gasteiger partial charge on any atom is 0.334 e. The van der Waals surface area contributed by atoms with E-state index in [4.69, 9.17) is 9.84 Å². The number of carbonyl (C=O) groups is 7. The van der Waals surface area contributed by atoms with Crippen LogP contribution in [0.4, 0.5) is 0 Å². The van der Waals surface area contributed by atoms with Gasteiger partial charge in [0.2, 0.25) is 23.6 Å². The quantitative estimate of drug-likeness (QED) is 0.0445. The van der Waals surface area contributed by atoms with Gasteiger partial charge in [0.15, 0.2) is 6.10 Å². The number of esters is 1. The molecule has 63 heavy (non-hydrogen) atoms. The molecule has 4 unspecified atom stereocenters. The molecular weight excluding hydrogens is 827 g/mol. The molecule has 6 atom stereocenters. The molecule has 0 fully saturated rings. The van der Waals surface area contributed by atoms with Crippen LogP contribution in [0.1, 0.15) is 107 Å². The van der Waals surface area contributed by atoms with Crippen molar-refractivity contribution in [2.24, 2.45) is 17.8 Å². The third-order valence-electron chi connectivity index (χ3n) is 10.3. The Morgan fingerprint density at radius 2 is 1.44 bits per heavy atom. The van der Waals surface area contributed by atoms with Crippen LogP contribution in [0.2, 0.25) is 0 Å². The zero-order valence-electron chi connectivity index (χ0n) is 40.7. The molecule has 4 N–H and O–H groups in total. The lowest BCUT2D eigenvalue weighted by Crippen LogP contribution is -2.55. The van der Waals surface area contributed by atoms with Gasteiger partial charge in [-0.2, -0.15) is 0 Å². The molecule has 0 saturated heterocycles. The summed E-state index contributed by atoms with van der Waals surface area (Å²) in [5.74, 6) is -4.40. The number of likely N-dealkylation sites (N-methyl/N-ethyl adjacent to an activating group) is 3. The van der Waals surface area contributed by atoms with Crippen LogP contribution in [0.3, 0.4) is 0 Å². The Hall–Kier alpha value is -4.70. The summed E-state index contributed by atoms with van der Waals surface area (Å²) < 4.78 is 5.60. The topological polar surface area (TPSA) is 203 Å². The average Bonchev–Trinajstić information content (AvgIpc) is 3.23. The van der Waals surface area contributed by atoms with Gasteiger partial charge in [0, 0.05) is 26.7 Å². The number of carboxylic acid groups (broad SMARTS) is 1. The Bertz CT molecular complexity index is 1630. The molecule has 0 heterocycles.